The molecule has 1 amide bonds. The predicted molar refractivity (Wildman–Crippen MR) is 112 cm³/mol. The Morgan fingerprint density at radius 2 is 2.04 bits per heavy atom. The first kappa shape index (κ1) is 19.8. The second kappa shape index (κ2) is 8.10. The third kappa shape index (κ3) is 4.40. The van der Waals surface area contributed by atoms with Crippen molar-refractivity contribution in [3.63, 3.8) is 0 Å². The summed E-state index contributed by atoms with van der Waals surface area (Å²) in [7, 11) is -3.60. The van der Waals surface area contributed by atoms with Crippen LogP contribution in [0, 0.1) is 0 Å². The van der Waals surface area contributed by atoms with Crippen molar-refractivity contribution in [2.75, 3.05) is 31.1 Å². The quantitative estimate of drug-likeness (QED) is 0.705. The molecule has 0 spiro atoms. The topological polar surface area (TPSA) is 82.6 Å². The normalized spacial score (nSPS) is 18.2. The molecule has 1 aliphatic heterocycles. The van der Waals surface area contributed by atoms with Crippen LogP contribution in [0.25, 0.3) is 0 Å². The number of hydrogen-bond acceptors (Lipinski definition) is 6. The van der Waals surface area contributed by atoms with Gasteiger partial charge in [-0.25, -0.2) is 18.1 Å². The molecular weight excluding hydrogens is 464 g/mol. The molecule has 28 heavy (non-hydrogen) atoms. The third-order valence-electron chi connectivity index (χ3n) is 4.85. The zero-order valence-electron chi connectivity index (χ0n) is 15.2. The van der Waals surface area contributed by atoms with Gasteiger partial charge in [0, 0.05) is 48.3 Å². The Labute approximate surface area is 176 Å². The number of halogens is 1. The van der Waals surface area contributed by atoms with Crippen LogP contribution in [0.3, 0.4) is 0 Å². The maximum atomic E-state index is 13.1. The number of sulfonamides is 1. The number of carbonyl (C=O) groups is 1. The van der Waals surface area contributed by atoms with Crippen molar-refractivity contribution in [3.05, 3.63) is 39.8 Å². The van der Waals surface area contributed by atoms with Crippen molar-refractivity contribution in [2.45, 2.75) is 30.2 Å². The van der Waals surface area contributed by atoms with E-state index in [0.29, 0.717) is 29.7 Å². The SMILES string of the molecule is O=C(c1cc(S(=O)(=O)NC2CC2)ccc1Br)N1CCCN(c2nccs2)CC1. The van der Waals surface area contributed by atoms with E-state index in [1.54, 1.807) is 28.5 Å². The van der Waals surface area contributed by atoms with E-state index in [1.165, 1.54) is 12.1 Å². The first-order valence-corrected chi connectivity index (χ1v) is 12.4. The molecular formula is C18H21BrN4O3S2. The fourth-order valence-electron chi connectivity index (χ4n) is 3.18. The Hall–Kier alpha value is -1.49. The average molecular weight is 485 g/mol. The zero-order chi connectivity index (χ0) is 19.7. The van der Waals surface area contributed by atoms with Gasteiger partial charge in [-0.1, -0.05) is 0 Å². The molecule has 0 unspecified atom stereocenters. The number of aromatic nitrogens is 1. The summed E-state index contributed by atoms with van der Waals surface area (Å²) in [5.41, 5.74) is 0.376. The highest BCUT2D eigenvalue weighted by molar-refractivity contribution is 9.10. The third-order valence-corrected chi connectivity index (χ3v) is 7.89. The fraction of sp³-hybridized carbons (Fsp3) is 0.444. The lowest BCUT2D eigenvalue weighted by atomic mass is 10.2. The molecule has 150 valence electrons. The predicted octanol–water partition coefficient (Wildman–Crippen LogP) is 2.70. The molecule has 1 saturated carbocycles. The van der Waals surface area contributed by atoms with E-state index in [4.69, 9.17) is 0 Å². The van der Waals surface area contributed by atoms with Crippen LogP contribution < -0.4 is 9.62 Å². The summed E-state index contributed by atoms with van der Waals surface area (Å²) in [5.74, 6) is -0.156. The molecule has 0 atom stereocenters. The Balaban J connectivity index is 1.51. The molecule has 7 nitrogen and oxygen atoms in total. The zero-order valence-corrected chi connectivity index (χ0v) is 18.4. The maximum absolute atomic E-state index is 13.1. The molecule has 2 heterocycles. The van der Waals surface area contributed by atoms with Crippen molar-refractivity contribution >= 4 is 48.3 Å². The summed E-state index contributed by atoms with van der Waals surface area (Å²) in [6.45, 7) is 2.75. The van der Waals surface area contributed by atoms with Gasteiger partial charge < -0.3 is 9.80 Å². The van der Waals surface area contributed by atoms with Crippen molar-refractivity contribution in [1.82, 2.24) is 14.6 Å². The first-order valence-electron chi connectivity index (χ1n) is 9.19. The summed E-state index contributed by atoms with van der Waals surface area (Å²) in [5, 5.41) is 2.91. The van der Waals surface area contributed by atoms with Crippen LogP contribution in [0.5, 0.6) is 0 Å². The summed E-state index contributed by atoms with van der Waals surface area (Å²) < 4.78 is 28.3. The van der Waals surface area contributed by atoms with Crippen LogP contribution >= 0.6 is 27.3 Å². The second-order valence-corrected chi connectivity index (χ2v) is 10.4. The first-order chi connectivity index (χ1) is 13.4. The molecule has 10 heteroatoms. The van der Waals surface area contributed by atoms with Crippen LogP contribution in [-0.4, -0.2) is 56.4 Å². The fourth-order valence-corrected chi connectivity index (χ4v) is 5.62. The summed E-state index contributed by atoms with van der Waals surface area (Å²) >= 11 is 5.00. The molecule has 1 N–H and O–H groups in total. The van der Waals surface area contributed by atoms with Gasteiger partial charge in [0.2, 0.25) is 10.0 Å². The minimum absolute atomic E-state index is 0.0234. The van der Waals surface area contributed by atoms with Gasteiger partial charge in [-0.05, 0) is 53.4 Å². The maximum Gasteiger partial charge on any atom is 0.255 e. The van der Waals surface area contributed by atoms with Crippen molar-refractivity contribution in [3.8, 4) is 0 Å². The van der Waals surface area contributed by atoms with Crippen molar-refractivity contribution < 1.29 is 13.2 Å². The van der Waals surface area contributed by atoms with E-state index in [-0.39, 0.29) is 16.8 Å². The molecule has 0 radical (unpaired) electrons. The van der Waals surface area contributed by atoms with Crippen molar-refractivity contribution in [1.29, 1.82) is 0 Å². The van der Waals surface area contributed by atoms with Crippen LogP contribution in [-0.2, 0) is 10.0 Å². The average Bonchev–Trinajstić information content (AvgIpc) is 3.37. The largest absolute Gasteiger partial charge is 0.346 e. The van der Waals surface area contributed by atoms with E-state index in [2.05, 4.69) is 30.5 Å². The number of carbonyl (C=O) groups excluding carboxylic acids is 1. The lowest BCUT2D eigenvalue weighted by molar-refractivity contribution is 0.0766. The molecule has 1 saturated heterocycles. The van der Waals surface area contributed by atoms with E-state index < -0.39 is 10.0 Å². The number of rotatable bonds is 5. The Kier molecular flexibility index (Phi) is 5.73. The molecule has 1 aromatic carbocycles. The lowest BCUT2D eigenvalue weighted by Gasteiger charge is -2.22. The van der Waals surface area contributed by atoms with Crippen molar-refractivity contribution in [2.24, 2.45) is 0 Å². The van der Waals surface area contributed by atoms with Gasteiger partial charge in [-0.2, -0.15) is 0 Å². The minimum atomic E-state index is -3.60. The summed E-state index contributed by atoms with van der Waals surface area (Å²) in [4.78, 5) is 21.6. The number of thiazole rings is 1. The minimum Gasteiger partial charge on any atom is -0.346 e. The van der Waals surface area contributed by atoms with Crippen LogP contribution in [0.2, 0.25) is 0 Å². The van der Waals surface area contributed by atoms with Gasteiger partial charge in [0.05, 0.1) is 10.5 Å². The molecule has 2 aromatic rings. The number of nitrogens with one attached hydrogen (secondary N) is 1. The van der Waals surface area contributed by atoms with Gasteiger partial charge in [-0.15, -0.1) is 11.3 Å². The highest BCUT2D eigenvalue weighted by Gasteiger charge is 2.29. The molecule has 1 aliphatic carbocycles. The second-order valence-electron chi connectivity index (χ2n) is 6.98. The van der Waals surface area contributed by atoms with Gasteiger partial charge in [0.15, 0.2) is 5.13 Å². The van der Waals surface area contributed by atoms with Crippen LogP contribution in [0.15, 0.2) is 39.1 Å². The van der Waals surface area contributed by atoms with Gasteiger partial charge in [0.1, 0.15) is 0 Å². The number of anilines is 1. The Bertz CT molecular complexity index is 961. The Morgan fingerprint density at radius 3 is 2.75 bits per heavy atom. The number of amides is 1. The molecule has 1 aromatic heterocycles. The Morgan fingerprint density at radius 1 is 1.21 bits per heavy atom. The summed E-state index contributed by atoms with van der Waals surface area (Å²) in [6, 6.07) is 4.66. The molecule has 2 fully saturated rings. The van der Waals surface area contributed by atoms with Gasteiger partial charge in [-0.3, -0.25) is 4.79 Å². The van der Waals surface area contributed by atoms with E-state index in [1.807, 2.05) is 5.38 Å². The molecule has 2 aliphatic rings. The van der Waals surface area contributed by atoms with Gasteiger partial charge in [0.25, 0.3) is 5.91 Å². The van der Waals surface area contributed by atoms with E-state index in [9.17, 15) is 13.2 Å². The standard InChI is InChI=1S/C18H21BrN4O3S2/c19-16-5-4-14(28(25,26)21-13-2-3-13)12-15(16)17(24)22-7-1-8-23(10-9-22)18-20-6-11-27-18/h4-6,11-13,21H,1-3,7-10H2. The summed E-state index contributed by atoms with van der Waals surface area (Å²) in [6.07, 6.45) is 4.35. The van der Waals surface area contributed by atoms with Gasteiger partial charge >= 0.3 is 0 Å². The monoisotopic (exact) mass is 484 g/mol. The highest BCUT2D eigenvalue weighted by atomic mass is 79.9. The van der Waals surface area contributed by atoms with Crippen LogP contribution in [0.4, 0.5) is 5.13 Å². The van der Waals surface area contributed by atoms with E-state index in [0.717, 1.165) is 30.9 Å². The molecule has 4 rings (SSSR count). The smallest absolute Gasteiger partial charge is 0.255 e. The van der Waals surface area contributed by atoms with E-state index >= 15 is 0 Å². The number of benzene rings is 1. The van der Waals surface area contributed by atoms with Crippen LogP contribution in [0.1, 0.15) is 29.6 Å². The molecule has 0 bridgehead atoms. The number of nitrogens with zero attached hydrogens (tertiary/aromatic N) is 3. The lowest BCUT2D eigenvalue weighted by Crippen LogP contribution is -2.35. The number of hydrogen-bond donors (Lipinski definition) is 1. The highest BCUT2D eigenvalue weighted by Crippen LogP contribution is 2.26.